The smallest absolute Gasteiger partial charge is 0.410 e. The molecule has 12 heteroatoms. The second-order valence-electron chi connectivity index (χ2n) is 12.6. The van der Waals surface area contributed by atoms with Crippen molar-refractivity contribution in [3.8, 4) is 11.5 Å². The Bertz CT molecular complexity index is 1600. The standard InChI is InChI=1S/C37H44N2O10/c1-24-9-18-31(47-23-45-6)29(20-24)33(40)25-10-12-27(13-11-25)35(42)48-32-8-7-19-39(36(43)49-37(2,3)4)21-30(32)38-34(41)26-14-16-28(17-15-26)46-22-44-5/h9-18,20,30,32H,7-8,19,21-23H2,1-6H3,(H,38,41)/t30-,32-/m1/s1. The van der Waals surface area contributed by atoms with Gasteiger partial charge < -0.3 is 38.6 Å². The molecule has 2 amide bonds. The third kappa shape index (κ3) is 10.5. The monoisotopic (exact) mass is 676 g/mol. The van der Waals surface area contributed by atoms with Crippen LogP contribution in [0.3, 0.4) is 0 Å². The summed E-state index contributed by atoms with van der Waals surface area (Å²) in [7, 11) is 3.01. The molecule has 0 spiro atoms. The summed E-state index contributed by atoms with van der Waals surface area (Å²) in [5.41, 5.74) is 1.48. The number of methoxy groups -OCH3 is 2. The maximum Gasteiger partial charge on any atom is 0.410 e. The fourth-order valence-corrected chi connectivity index (χ4v) is 5.17. The Balaban J connectivity index is 1.51. The van der Waals surface area contributed by atoms with Gasteiger partial charge in [-0.25, -0.2) is 9.59 Å². The lowest BCUT2D eigenvalue weighted by atomic mass is 9.99. The van der Waals surface area contributed by atoms with Gasteiger partial charge in [-0.1, -0.05) is 23.8 Å². The highest BCUT2D eigenvalue weighted by molar-refractivity contribution is 6.11. The number of aryl methyl sites for hydroxylation is 1. The highest BCUT2D eigenvalue weighted by Gasteiger charge is 2.35. The van der Waals surface area contributed by atoms with Crippen LogP contribution in [-0.4, -0.2) is 87.3 Å². The van der Waals surface area contributed by atoms with Crippen molar-refractivity contribution in [1.29, 1.82) is 0 Å². The number of benzene rings is 3. The van der Waals surface area contributed by atoms with Crippen LogP contribution in [0.4, 0.5) is 4.79 Å². The molecular weight excluding hydrogens is 632 g/mol. The van der Waals surface area contributed by atoms with E-state index in [4.69, 9.17) is 28.4 Å². The van der Waals surface area contributed by atoms with E-state index >= 15 is 0 Å². The first kappa shape index (κ1) is 36.9. The lowest BCUT2D eigenvalue weighted by molar-refractivity contribution is 0.0127. The van der Waals surface area contributed by atoms with E-state index in [1.807, 2.05) is 13.0 Å². The maximum absolute atomic E-state index is 13.4. The van der Waals surface area contributed by atoms with Crippen molar-refractivity contribution < 1.29 is 47.6 Å². The van der Waals surface area contributed by atoms with E-state index in [1.165, 1.54) is 31.3 Å². The third-order valence-electron chi connectivity index (χ3n) is 7.56. The van der Waals surface area contributed by atoms with Crippen molar-refractivity contribution in [3.63, 3.8) is 0 Å². The van der Waals surface area contributed by atoms with Gasteiger partial charge in [0.25, 0.3) is 5.91 Å². The molecule has 0 saturated carbocycles. The third-order valence-corrected chi connectivity index (χ3v) is 7.56. The average molecular weight is 677 g/mol. The SMILES string of the molecule is COCOc1ccc(C(=O)N[C@@H]2CN(C(=O)OC(C)(C)C)CCC[C@H]2OC(=O)c2ccc(C(=O)c3cc(C)ccc3OCOC)cc2)cc1. The highest BCUT2D eigenvalue weighted by atomic mass is 16.7. The number of ether oxygens (including phenoxy) is 6. The zero-order chi connectivity index (χ0) is 35.6. The Morgan fingerprint density at radius 1 is 0.837 bits per heavy atom. The zero-order valence-corrected chi connectivity index (χ0v) is 28.8. The summed E-state index contributed by atoms with van der Waals surface area (Å²) in [4.78, 5) is 54.8. The van der Waals surface area contributed by atoms with Gasteiger partial charge in [-0.15, -0.1) is 0 Å². The quantitative estimate of drug-likeness (QED) is 0.148. The molecule has 3 aromatic rings. The Labute approximate surface area is 286 Å². The molecule has 1 aliphatic heterocycles. The molecule has 3 aromatic carbocycles. The Morgan fingerprint density at radius 2 is 1.47 bits per heavy atom. The molecule has 1 fully saturated rings. The van der Waals surface area contributed by atoms with Crippen molar-refractivity contribution >= 4 is 23.8 Å². The molecule has 0 aliphatic carbocycles. The van der Waals surface area contributed by atoms with Crippen LogP contribution in [0.1, 0.15) is 75.8 Å². The van der Waals surface area contributed by atoms with Crippen molar-refractivity contribution in [1.82, 2.24) is 10.2 Å². The van der Waals surface area contributed by atoms with E-state index in [2.05, 4.69) is 5.32 Å². The highest BCUT2D eigenvalue weighted by Crippen LogP contribution is 2.25. The molecule has 0 unspecified atom stereocenters. The molecule has 4 rings (SSSR count). The Kier molecular flexibility index (Phi) is 12.8. The number of nitrogens with zero attached hydrogens (tertiary/aromatic N) is 1. The van der Waals surface area contributed by atoms with Crippen molar-refractivity contribution in [3.05, 3.63) is 94.5 Å². The second kappa shape index (κ2) is 16.9. The molecule has 0 aromatic heterocycles. The van der Waals surface area contributed by atoms with Crippen LogP contribution in [-0.2, 0) is 18.9 Å². The number of carbonyl (C=O) groups excluding carboxylic acids is 4. The van der Waals surface area contributed by atoms with Crippen LogP contribution < -0.4 is 14.8 Å². The summed E-state index contributed by atoms with van der Waals surface area (Å²) in [6.45, 7) is 7.68. The summed E-state index contributed by atoms with van der Waals surface area (Å²) in [6.07, 6.45) is -0.397. The molecule has 0 bridgehead atoms. The predicted molar refractivity (Wildman–Crippen MR) is 180 cm³/mol. The summed E-state index contributed by atoms with van der Waals surface area (Å²) in [5.74, 6) is -0.404. The molecule has 49 heavy (non-hydrogen) atoms. The number of esters is 1. The predicted octanol–water partition coefficient (Wildman–Crippen LogP) is 5.55. The molecule has 1 N–H and O–H groups in total. The minimum Gasteiger partial charge on any atom is -0.468 e. The summed E-state index contributed by atoms with van der Waals surface area (Å²) in [5, 5.41) is 2.96. The van der Waals surface area contributed by atoms with Gasteiger partial charge in [-0.3, -0.25) is 9.59 Å². The number of nitrogens with one attached hydrogen (secondary N) is 1. The zero-order valence-electron chi connectivity index (χ0n) is 28.8. The lowest BCUT2D eigenvalue weighted by Crippen LogP contribution is -2.51. The molecule has 1 aliphatic rings. The van der Waals surface area contributed by atoms with Gasteiger partial charge in [-0.2, -0.15) is 0 Å². The number of likely N-dealkylation sites (tertiary alicyclic amines) is 1. The fourth-order valence-electron chi connectivity index (χ4n) is 5.17. The molecule has 262 valence electrons. The first-order valence-electron chi connectivity index (χ1n) is 16.0. The number of amides is 2. The maximum atomic E-state index is 13.4. The normalized spacial score (nSPS) is 16.2. The molecule has 1 heterocycles. The van der Waals surface area contributed by atoms with Crippen molar-refractivity contribution in [2.45, 2.75) is 58.3 Å². The van der Waals surface area contributed by atoms with Gasteiger partial charge in [0, 0.05) is 38.4 Å². The molecule has 0 radical (unpaired) electrons. The number of carbonyl (C=O) groups is 4. The van der Waals surface area contributed by atoms with E-state index < -0.39 is 35.7 Å². The fraction of sp³-hybridized carbons (Fsp3) is 0.405. The van der Waals surface area contributed by atoms with Crippen LogP contribution in [0.2, 0.25) is 0 Å². The van der Waals surface area contributed by atoms with E-state index in [-0.39, 0.29) is 31.5 Å². The summed E-state index contributed by atoms with van der Waals surface area (Å²) < 4.78 is 32.5. The van der Waals surface area contributed by atoms with E-state index in [0.717, 1.165) is 5.56 Å². The van der Waals surface area contributed by atoms with Gasteiger partial charge in [-0.05, 0) is 89.1 Å². The largest absolute Gasteiger partial charge is 0.468 e. The molecule has 2 atom stereocenters. The number of rotatable bonds is 12. The number of hydrogen-bond donors (Lipinski definition) is 1. The van der Waals surface area contributed by atoms with Gasteiger partial charge in [0.15, 0.2) is 19.4 Å². The number of ketones is 1. The van der Waals surface area contributed by atoms with Gasteiger partial charge in [0.2, 0.25) is 0 Å². The molecular formula is C37H44N2O10. The second-order valence-corrected chi connectivity index (χ2v) is 12.6. The summed E-state index contributed by atoms with van der Waals surface area (Å²) >= 11 is 0. The average Bonchev–Trinajstić information content (AvgIpc) is 3.27. The van der Waals surface area contributed by atoms with Crippen LogP contribution in [0.15, 0.2) is 66.7 Å². The molecule has 1 saturated heterocycles. The first-order chi connectivity index (χ1) is 23.4. The van der Waals surface area contributed by atoms with Crippen LogP contribution in [0, 0.1) is 6.92 Å². The minimum absolute atomic E-state index is 0.0115. The van der Waals surface area contributed by atoms with E-state index in [9.17, 15) is 19.2 Å². The minimum atomic E-state index is -0.762. The summed E-state index contributed by atoms with van der Waals surface area (Å²) in [6, 6.07) is 17.2. The van der Waals surface area contributed by atoms with E-state index in [1.54, 1.807) is 69.3 Å². The first-order valence-corrected chi connectivity index (χ1v) is 16.0. The Hall–Kier alpha value is -4.94. The van der Waals surface area contributed by atoms with Gasteiger partial charge in [0.05, 0.1) is 17.2 Å². The topological polar surface area (TPSA) is 139 Å². The van der Waals surface area contributed by atoms with Gasteiger partial charge >= 0.3 is 12.1 Å². The van der Waals surface area contributed by atoms with Gasteiger partial charge in [0.1, 0.15) is 23.2 Å². The number of hydrogen-bond acceptors (Lipinski definition) is 10. The van der Waals surface area contributed by atoms with Crippen LogP contribution in [0.5, 0.6) is 11.5 Å². The Morgan fingerprint density at radius 3 is 2.12 bits per heavy atom. The van der Waals surface area contributed by atoms with Crippen LogP contribution in [0.25, 0.3) is 0 Å². The lowest BCUT2D eigenvalue weighted by Gasteiger charge is -2.30. The van der Waals surface area contributed by atoms with E-state index in [0.29, 0.717) is 47.6 Å². The van der Waals surface area contributed by atoms with Crippen LogP contribution >= 0.6 is 0 Å². The molecule has 12 nitrogen and oxygen atoms in total. The van der Waals surface area contributed by atoms with Crippen molar-refractivity contribution in [2.24, 2.45) is 0 Å². The van der Waals surface area contributed by atoms with Crippen molar-refractivity contribution in [2.75, 3.05) is 40.9 Å².